The van der Waals surface area contributed by atoms with Crippen molar-refractivity contribution in [3.8, 4) is 5.75 Å². The van der Waals surface area contributed by atoms with Crippen LogP contribution in [-0.4, -0.2) is 17.6 Å². The zero-order chi connectivity index (χ0) is 11.3. The molecule has 4 heteroatoms. The maximum Gasteiger partial charge on any atom is 0.221 e. The molecule has 3 N–H and O–H groups in total. The molecule has 0 saturated carbocycles. The van der Waals surface area contributed by atoms with Crippen molar-refractivity contribution >= 4 is 11.6 Å². The Morgan fingerprint density at radius 3 is 2.80 bits per heavy atom. The minimum absolute atomic E-state index is 0.116. The minimum atomic E-state index is -0.116. The molecule has 82 valence electrons. The molecule has 0 atom stereocenters. The summed E-state index contributed by atoms with van der Waals surface area (Å²) in [6.45, 7) is 4.88. The van der Waals surface area contributed by atoms with E-state index in [0.29, 0.717) is 12.2 Å². The van der Waals surface area contributed by atoms with E-state index in [1.165, 1.54) is 6.92 Å². The third-order valence-corrected chi connectivity index (χ3v) is 1.97. The van der Waals surface area contributed by atoms with Crippen molar-refractivity contribution in [1.29, 1.82) is 0 Å². The van der Waals surface area contributed by atoms with Gasteiger partial charge < -0.3 is 15.7 Å². The Balaban J connectivity index is 2.79. The van der Waals surface area contributed by atoms with Gasteiger partial charge in [-0.2, -0.15) is 0 Å². The summed E-state index contributed by atoms with van der Waals surface area (Å²) in [6, 6.07) is 5.02. The zero-order valence-electron chi connectivity index (χ0n) is 9.00. The molecule has 0 bridgehead atoms. The first-order valence-electron chi connectivity index (χ1n) is 4.93. The SMILES string of the molecule is CCNCc1cc(NC(C)=O)ccc1O. The zero-order valence-corrected chi connectivity index (χ0v) is 9.00. The first kappa shape index (κ1) is 11.5. The molecule has 1 rings (SSSR count). The summed E-state index contributed by atoms with van der Waals surface area (Å²) >= 11 is 0. The summed E-state index contributed by atoms with van der Waals surface area (Å²) in [6.07, 6.45) is 0. The van der Waals surface area contributed by atoms with Crippen LogP contribution in [0.25, 0.3) is 0 Å². The monoisotopic (exact) mass is 208 g/mol. The number of nitrogens with one attached hydrogen (secondary N) is 2. The van der Waals surface area contributed by atoms with Crippen molar-refractivity contribution < 1.29 is 9.90 Å². The van der Waals surface area contributed by atoms with Gasteiger partial charge in [0.05, 0.1) is 0 Å². The van der Waals surface area contributed by atoms with Crippen molar-refractivity contribution in [2.45, 2.75) is 20.4 Å². The molecule has 15 heavy (non-hydrogen) atoms. The van der Waals surface area contributed by atoms with Crippen LogP contribution in [0.1, 0.15) is 19.4 Å². The Bertz CT molecular complexity index is 350. The van der Waals surface area contributed by atoms with E-state index in [0.717, 1.165) is 12.1 Å². The fraction of sp³-hybridized carbons (Fsp3) is 0.364. The van der Waals surface area contributed by atoms with Gasteiger partial charge in [0.1, 0.15) is 5.75 Å². The lowest BCUT2D eigenvalue weighted by molar-refractivity contribution is -0.114. The van der Waals surface area contributed by atoms with E-state index in [1.807, 2.05) is 6.92 Å². The second kappa shape index (κ2) is 5.36. The van der Waals surface area contributed by atoms with E-state index in [9.17, 15) is 9.90 Å². The number of carbonyl (C=O) groups excluding carboxylic acids is 1. The highest BCUT2D eigenvalue weighted by Crippen LogP contribution is 2.21. The molecule has 1 aromatic rings. The highest BCUT2D eigenvalue weighted by atomic mass is 16.3. The fourth-order valence-corrected chi connectivity index (χ4v) is 1.27. The third kappa shape index (κ3) is 3.59. The summed E-state index contributed by atoms with van der Waals surface area (Å²) in [5, 5.41) is 15.3. The molecule has 0 fully saturated rings. The Labute approximate surface area is 89.3 Å². The molecule has 0 heterocycles. The van der Waals surface area contributed by atoms with E-state index in [1.54, 1.807) is 18.2 Å². The number of hydrogen-bond acceptors (Lipinski definition) is 3. The topological polar surface area (TPSA) is 61.4 Å². The first-order valence-corrected chi connectivity index (χ1v) is 4.93. The molecule has 1 aromatic carbocycles. The molecule has 0 saturated heterocycles. The fourth-order valence-electron chi connectivity index (χ4n) is 1.27. The van der Waals surface area contributed by atoms with Crippen molar-refractivity contribution in [1.82, 2.24) is 5.32 Å². The van der Waals surface area contributed by atoms with Crippen molar-refractivity contribution in [2.24, 2.45) is 0 Å². The van der Waals surface area contributed by atoms with Gasteiger partial charge >= 0.3 is 0 Å². The summed E-state index contributed by atoms with van der Waals surface area (Å²) in [5.74, 6) is 0.125. The molecule has 0 aliphatic carbocycles. The van der Waals surface area contributed by atoms with Crippen molar-refractivity contribution in [2.75, 3.05) is 11.9 Å². The van der Waals surface area contributed by atoms with Crippen LogP contribution in [0.2, 0.25) is 0 Å². The number of benzene rings is 1. The van der Waals surface area contributed by atoms with Crippen LogP contribution in [0.3, 0.4) is 0 Å². The summed E-state index contributed by atoms with van der Waals surface area (Å²) in [4.78, 5) is 10.8. The number of phenolic OH excluding ortho intramolecular Hbond substituents is 1. The third-order valence-electron chi connectivity index (χ3n) is 1.97. The van der Waals surface area contributed by atoms with Gasteiger partial charge in [-0.25, -0.2) is 0 Å². The second-order valence-corrected chi connectivity index (χ2v) is 3.31. The lowest BCUT2D eigenvalue weighted by Crippen LogP contribution is -2.12. The maximum absolute atomic E-state index is 10.8. The number of carbonyl (C=O) groups is 1. The molecule has 0 unspecified atom stereocenters. The number of phenols is 1. The Hall–Kier alpha value is -1.55. The highest BCUT2D eigenvalue weighted by molar-refractivity contribution is 5.88. The number of anilines is 1. The van der Waals surface area contributed by atoms with Gasteiger partial charge in [-0.3, -0.25) is 4.79 Å². The van der Waals surface area contributed by atoms with Gasteiger partial charge in [-0.15, -0.1) is 0 Å². The lowest BCUT2D eigenvalue weighted by atomic mass is 10.1. The number of rotatable bonds is 4. The second-order valence-electron chi connectivity index (χ2n) is 3.31. The molecular formula is C11H16N2O2. The lowest BCUT2D eigenvalue weighted by Gasteiger charge is -2.08. The molecule has 0 radical (unpaired) electrons. The molecular weight excluding hydrogens is 192 g/mol. The number of hydrogen-bond donors (Lipinski definition) is 3. The normalized spacial score (nSPS) is 10.0. The molecule has 0 spiro atoms. The largest absolute Gasteiger partial charge is 0.508 e. The van der Waals surface area contributed by atoms with Gasteiger partial charge in [0.15, 0.2) is 0 Å². The van der Waals surface area contributed by atoms with Crippen LogP contribution in [-0.2, 0) is 11.3 Å². The number of aromatic hydroxyl groups is 1. The predicted molar refractivity (Wildman–Crippen MR) is 59.8 cm³/mol. The molecule has 0 aliphatic rings. The highest BCUT2D eigenvalue weighted by Gasteiger charge is 2.02. The Morgan fingerprint density at radius 1 is 1.47 bits per heavy atom. The summed E-state index contributed by atoms with van der Waals surface area (Å²) in [5.41, 5.74) is 1.48. The van der Waals surface area contributed by atoms with E-state index < -0.39 is 0 Å². The molecule has 1 amide bonds. The summed E-state index contributed by atoms with van der Waals surface area (Å²) < 4.78 is 0. The van der Waals surface area contributed by atoms with Crippen LogP contribution in [0.4, 0.5) is 5.69 Å². The average Bonchev–Trinajstić information content (AvgIpc) is 2.18. The van der Waals surface area contributed by atoms with Gasteiger partial charge in [0.25, 0.3) is 0 Å². The molecule has 4 nitrogen and oxygen atoms in total. The summed E-state index contributed by atoms with van der Waals surface area (Å²) in [7, 11) is 0. The van der Waals surface area contributed by atoms with Crippen LogP contribution in [0.5, 0.6) is 5.75 Å². The van der Waals surface area contributed by atoms with Crippen molar-refractivity contribution in [3.63, 3.8) is 0 Å². The van der Waals surface area contributed by atoms with Crippen LogP contribution >= 0.6 is 0 Å². The van der Waals surface area contributed by atoms with Gasteiger partial charge in [0, 0.05) is 24.7 Å². The molecule has 0 aliphatic heterocycles. The predicted octanol–water partition coefficient (Wildman–Crippen LogP) is 1.46. The van der Waals surface area contributed by atoms with E-state index in [2.05, 4.69) is 10.6 Å². The Kier molecular flexibility index (Phi) is 4.12. The standard InChI is InChI=1S/C11H16N2O2/c1-3-12-7-9-6-10(13-8(2)14)4-5-11(9)15/h4-6,12,15H,3,7H2,1-2H3,(H,13,14). The van der Waals surface area contributed by atoms with E-state index in [4.69, 9.17) is 0 Å². The van der Waals surface area contributed by atoms with Gasteiger partial charge in [-0.1, -0.05) is 6.92 Å². The average molecular weight is 208 g/mol. The van der Waals surface area contributed by atoms with E-state index in [-0.39, 0.29) is 11.7 Å². The number of amides is 1. The quantitative estimate of drug-likeness (QED) is 0.656. The van der Waals surface area contributed by atoms with Crippen LogP contribution < -0.4 is 10.6 Å². The van der Waals surface area contributed by atoms with Gasteiger partial charge in [0.2, 0.25) is 5.91 Å². The van der Waals surface area contributed by atoms with Crippen LogP contribution in [0, 0.1) is 0 Å². The smallest absolute Gasteiger partial charge is 0.221 e. The van der Waals surface area contributed by atoms with Crippen molar-refractivity contribution in [3.05, 3.63) is 23.8 Å². The van der Waals surface area contributed by atoms with Gasteiger partial charge in [-0.05, 0) is 24.7 Å². The Morgan fingerprint density at radius 2 is 2.20 bits per heavy atom. The van der Waals surface area contributed by atoms with Crippen LogP contribution in [0.15, 0.2) is 18.2 Å². The maximum atomic E-state index is 10.8. The minimum Gasteiger partial charge on any atom is -0.508 e. The first-order chi connectivity index (χ1) is 7.13. The molecule has 0 aromatic heterocycles. The van der Waals surface area contributed by atoms with E-state index >= 15 is 0 Å².